The van der Waals surface area contributed by atoms with Crippen LogP contribution >= 0.6 is 11.5 Å². The highest BCUT2D eigenvalue weighted by molar-refractivity contribution is 7.10. The topological polar surface area (TPSA) is 85.0 Å². The van der Waals surface area contributed by atoms with Crippen molar-refractivity contribution in [3.63, 3.8) is 0 Å². The average Bonchev–Trinajstić information content (AvgIpc) is 3.43. The van der Waals surface area contributed by atoms with Gasteiger partial charge in [0.15, 0.2) is 11.5 Å². The van der Waals surface area contributed by atoms with Crippen LogP contribution in [0.2, 0.25) is 0 Å². The SMILES string of the molecule is Cc1cc(Nc2nc(C[C@H]3CCNC3)cn3c(-c4cnn(C)c4)cnc23)sn1. The molecule has 0 radical (unpaired) electrons. The van der Waals surface area contributed by atoms with Gasteiger partial charge in [-0.15, -0.1) is 0 Å². The maximum absolute atomic E-state index is 4.92. The fourth-order valence-corrected chi connectivity index (χ4v) is 4.37. The van der Waals surface area contributed by atoms with E-state index in [2.05, 4.69) is 35.7 Å². The molecule has 0 aromatic carbocycles. The predicted molar refractivity (Wildman–Crippen MR) is 110 cm³/mol. The van der Waals surface area contributed by atoms with Crippen molar-refractivity contribution in [3.8, 4) is 11.3 Å². The Morgan fingerprint density at radius 1 is 1.32 bits per heavy atom. The molecule has 0 aliphatic carbocycles. The van der Waals surface area contributed by atoms with E-state index in [-0.39, 0.29) is 0 Å². The second kappa shape index (κ2) is 6.99. The van der Waals surface area contributed by atoms with Gasteiger partial charge in [0, 0.05) is 25.0 Å². The number of nitrogens with one attached hydrogen (secondary N) is 2. The fourth-order valence-electron chi connectivity index (χ4n) is 3.71. The summed E-state index contributed by atoms with van der Waals surface area (Å²) >= 11 is 1.44. The average molecular weight is 395 g/mol. The molecular formula is C19H22N8S. The molecule has 1 atom stereocenters. The van der Waals surface area contributed by atoms with Gasteiger partial charge < -0.3 is 10.6 Å². The first-order chi connectivity index (χ1) is 13.7. The molecular weight excluding hydrogens is 372 g/mol. The minimum absolute atomic E-state index is 0.619. The minimum Gasteiger partial charge on any atom is -0.328 e. The Labute approximate surface area is 166 Å². The maximum atomic E-state index is 4.92. The molecule has 8 nitrogen and oxygen atoms in total. The number of rotatable bonds is 5. The van der Waals surface area contributed by atoms with Gasteiger partial charge >= 0.3 is 0 Å². The van der Waals surface area contributed by atoms with Crippen LogP contribution in [0, 0.1) is 12.8 Å². The van der Waals surface area contributed by atoms with Crippen LogP contribution in [0.5, 0.6) is 0 Å². The number of hydrogen-bond donors (Lipinski definition) is 2. The first-order valence-corrected chi connectivity index (χ1v) is 10.2. The van der Waals surface area contributed by atoms with Gasteiger partial charge in [-0.05, 0) is 56.4 Å². The zero-order chi connectivity index (χ0) is 19.1. The Balaban J connectivity index is 1.60. The molecule has 9 heteroatoms. The zero-order valence-electron chi connectivity index (χ0n) is 15.9. The lowest BCUT2D eigenvalue weighted by molar-refractivity contribution is 0.570. The van der Waals surface area contributed by atoms with Gasteiger partial charge in [0.2, 0.25) is 0 Å². The summed E-state index contributed by atoms with van der Waals surface area (Å²) in [5.74, 6) is 1.39. The summed E-state index contributed by atoms with van der Waals surface area (Å²) in [4.78, 5) is 9.57. The zero-order valence-corrected chi connectivity index (χ0v) is 16.7. The first kappa shape index (κ1) is 17.3. The van der Waals surface area contributed by atoms with E-state index in [1.807, 2.05) is 38.6 Å². The number of nitrogens with zero attached hydrogens (tertiary/aromatic N) is 6. The second-order valence-corrected chi connectivity index (χ2v) is 8.15. The molecule has 0 unspecified atom stereocenters. The molecule has 4 aromatic rings. The highest BCUT2D eigenvalue weighted by atomic mass is 32.1. The summed E-state index contributed by atoms with van der Waals surface area (Å²) in [5.41, 5.74) is 4.91. The number of aromatic nitrogens is 6. The number of anilines is 2. The Morgan fingerprint density at radius 3 is 2.96 bits per heavy atom. The van der Waals surface area contributed by atoms with Crippen molar-refractivity contribution in [2.45, 2.75) is 19.8 Å². The van der Waals surface area contributed by atoms with Crippen LogP contribution in [0.4, 0.5) is 10.8 Å². The summed E-state index contributed by atoms with van der Waals surface area (Å²) in [6.07, 6.45) is 10.0. The maximum Gasteiger partial charge on any atom is 0.180 e. The predicted octanol–water partition coefficient (Wildman–Crippen LogP) is 2.79. The van der Waals surface area contributed by atoms with E-state index >= 15 is 0 Å². The molecule has 1 aliphatic heterocycles. The number of fused-ring (bicyclic) bond motifs is 1. The molecule has 1 fully saturated rings. The Bertz CT molecular complexity index is 1120. The van der Waals surface area contributed by atoms with Crippen molar-refractivity contribution in [1.82, 2.24) is 33.8 Å². The van der Waals surface area contributed by atoms with Gasteiger partial charge in [0.05, 0.1) is 29.5 Å². The van der Waals surface area contributed by atoms with Gasteiger partial charge in [-0.2, -0.15) is 9.47 Å². The van der Waals surface area contributed by atoms with Gasteiger partial charge in [0.1, 0.15) is 5.00 Å². The van der Waals surface area contributed by atoms with Gasteiger partial charge in [-0.25, -0.2) is 9.97 Å². The number of hydrogen-bond acceptors (Lipinski definition) is 7. The Hall–Kier alpha value is -2.78. The van der Waals surface area contributed by atoms with Crippen molar-refractivity contribution in [2.75, 3.05) is 18.4 Å². The van der Waals surface area contributed by atoms with Crippen LogP contribution in [-0.4, -0.2) is 41.6 Å². The van der Waals surface area contributed by atoms with E-state index < -0.39 is 0 Å². The molecule has 0 saturated carbocycles. The molecule has 144 valence electrons. The smallest absolute Gasteiger partial charge is 0.180 e. The summed E-state index contributed by atoms with van der Waals surface area (Å²) in [7, 11) is 1.92. The van der Waals surface area contributed by atoms with Crippen molar-refractivity contribution < 1.29 is 0 Å². The lowest BCUT2D eigenvalue weighted by Crippen LogP contribution is -2.12. The largest absolute Gasteiger partial charge is 0.328 e. The van der Waals surface area contributed by atoms with E-state index in [1.54, 1.807) is 4.68 Å². The molecule has 0 amide bonds. The van der Waals surface area contributed by atoms with Crippen LogP contribution in [0.3, 0.4) is 0 Å². The first-order valence-electron chi connectivity index (χ1n) is 9.43. The lowest BCUT2D eigenvalue weighted by Gasteiger charge is -2.12. The van der Waals surface area contributed by atoms with Crippen molar-refractivity contribution in [3.05, 3.63) is 42.2 Å². The molecule has 5 heterocycles. The summed E-state index contributed by atoms with van der Waals surface area (Å²) in [6.45, 7) is 4.13. The lowest BCUT2D eigenvalue weighted by atomic mass is 10.0. The quantitative estimate of drug-likeness (QED) is 0.541. The highest BCUT2D eigenvalue weighted by Crippen LogP contribution is 2.28. The fraction of sp³-hybridized carbons (Fsp3) is 0.368. The molecule has 0 bridgehead atoms. The third-order valence-electron chi connectivity index (χ3n) is 5.07. The third-order valence-corrected chi connectivity index (χ3v) is 5.87. The van der Waals surface area contributed by atoms with Crippen LogP contribution in [0.25, 0.3) is 16.9 Å². The van der Waals surface area contributed by atoms with E-state index in [9.17, 15) is 0 Å². The third kappa shape index (κ3) is 3.27. The molecule has 0 spiro atoms. The van der Waals surface area contributed by atoms with Crippen molar-refractivity contribution in [2.24, 2.45) is 13.0 Å². The molecule has 2 N–H and O–H groups in total. The Kier molecular flexibility index (Phi) is 4.33. The van der Waals surface area contributed by atoms with Crippen molar-refractivity contribution in [1.29, 1.82) is 0 Å². The van der Waals surface area contributed by atoms with Crippen LogP contribution in [0.15, 0.2) is 30.9 Å². The van der Waals surface area contributed by atoms with Crippen LogP contribution in [0.1, 0.15) is 17.8 Å². The summed E-state index contributed by atoms with van der Waals surface area (Å²) in [5, 5.41) is 12.1. The molecule has 5 rings (SSSR count). The monoisotopic (exact) mass is 394 g/mol. The highest BCUT2D eigenvalue weighted by Gasteiger charge is 2.19. The van der Waals surface area contributed by atoms with E-state index in [4.69, 9.17) is 4.98 Å². The molecule has 1 saturated heterocycles. The molecule has 4 aromatic heterocycles. The summed E-state index contributed by atoms with van der Waals surface area (Å²) < 4.78 is 8.29. The van der Waals surface area contributed by atoms with E-state index in [0.29, 0.717) is 5.92 Å². The minimum atomic E-state index is 0.619. The van der Waals surface area contributed by atoms with Gasteiger partial charge in [0.25, 0.3) is 0 Å². The molecule has 1 aliphatic rings. The van der Waals surface area contributed by atoms with Crippen LogP contribution in [-0.2, 0) is 13.5 Å². The summed E-state index contributed by atoms with van der Waals surface area (Å²) in [6, 6.07) is 2.03. The number of aryl methyl sites for hydroxylation is 2. The van der Waals surface area contributed by atoms with E-state index in [0.717, 1.165) is 58.6 Å². The normalized spacial score (nSPS) is 16.9. The van der Waals surface area contributed by atoms with Gasteiger partial charge in [-0.3, -0.25) is 9.08 Å². The standard InChI is InChI=1S/C19H22N8S/c1-12-5-17(28-25-12)24-18-19-21-9-16(14-8-22-26(2)10-14)27(19)11-15(23-18)6-13-3-4-20-7-13/h5,8-11,13,20H,3-4,6-7H2,1-2H3,(H,23,24)/t13-/m1/s1. The van der Waals surface area contributed by atoms with Crippen LogP contribution < -0.4 is 10.6 Å². The molecule has 28 heavy (non-hydrogen) atoms. The van der Waals surface area contributed by atoms with Gasteiger partial charge in [-0.1, -0.05) is 0 Å². The Morgan fingerprint density at radius 2 is 2.25 bits per heavy atom. The number of imidazole rings is 1. The van der Waals surface area contributed by atoms with E-state index in [1.165, 1.54) is 18.0 Å². The second-order valence-electron chi connectivity index (χ2n) is 7.34. The van der Waals surface area contributed by atoms with Crippen molar-refractivity contribution >= 4 is 28.0 Å².